The fourth-order valence-electron chi connectivity index (χ4n) is 8.73. The highest BCUT2D eigenvalue weighted by atomic mass is 16.3. The molecule has 4 heterocycles. The minimum Gasteiger partial charge on any atom is -0.455 e. The number of para-hydroxylation sites is 3. The Balaban J connectivity index is 1.20. The quantitative estimate of drug-likeness (QED) is 0.177. The zero-order chi connectivity index (χ0) is 37.5. The Labute approximate surface area is 326 Å². The van der Waals surface area contributed by atoms with Crippen LogP contribution in [-0.2, 0) is 0 Å². The van der Waals surface area contributed by atoms with Crippen LogP contribution in [0.3, 0.4) is 0 Å². The van der Waals surface area contributed by atoms with Crippen LogP contribution in [0.15, 0.2) is 192 Å². The molecule has 0 N–H and O–H groups in total. The Kier molecular flexibility index (Phi) is 6.83. The molecule has 266 valence electrons. The zero-order valence-corrected chi connectivity index (χ0v) is 30.5. The molecule has 0 fully saturated rings. The van der Waals surface area contributed by atoms with E-state index in [0.29, 0.717) is 17.6 Å². The molecule has 0 bridgehead atoms. The van der Waals surface area contributed by atoms with Crippen LogP contribution in [-0.4, -0.2) is 24.1 Å². The fraction of sp³-hybridized carbons (Fsp3) is 0. The van der Waals surface area contributed by atoms with E-state index in [1.165, 1.54) is 10.8 Å². The number of fused-ring (bicyclic) bond motifs is 10. The molecule has 0 aliphatic rings. The molecule has 0 saturated carbocycles. The smallest absolute Gasteiger partial charge is 0.238 e. The predicted molar refractivity (Wildman–Crippen MR) is 232 cm³/mol. The van der Waals surface area contributed by atoms with Crippen molar-refractivity contribution in [3.05, 3.63) is 188 Å². The second kappa shape index (κ2) is 12.3. The second-order valence-electron chi connectivity index (χ2n) is 14.4. The predicted octanol–water partition coefficient (Wildman–Crippen LogP) is 13.0. The van der Waals surface area contributed by atoms with Crippen LogP contribution in [0.1, 0.15) is 0 Å². The largest absolute Gasteiger partial charge is 0.455 e. The molecule has 12 rings (SSSR count). The third-order valence-electron chi connectivity index (χ3n) is 11.2. The molecule has 0 spiro atoms. The molecule has 6 nitrogen and oxygen atoms in total. The summed E-state index contributed by atoms with van der Waals surface area (Å²) in [5.74, 6) is 1.80. The van der Waals surface area contributed by atoms with Crippen LogP contribution < -0.4 is 0 Å². The first-order chi connectivity index (χ1) is 28.3. The average Bonchev–Trinajstić information content (AvgIpc) is 3.95. The Bertz CT molecular complexity index is 3450. The molecule has 6 heteroatoms. The van der Waals surface area contributed by atoms with Gasteiger partial charge in [-0.2, -0.15) is 9.97 Å². The van der Waals surface area contributed by atoms with Crippen molar-refractivity contribution < 1.29 is 4.42 Å². The topological polar surface area (TPSA) is 61.7 Å². The first-order valence-electron chi connectivity index (χ1n) is 19.1. The molecule has 4 aromatic heterocycles. The lowest BCUT2D eigenvalue weighted by molar-refractivity contribution is 0.670. The standard InChI is InChI=1S/C51H31N5O/c1-4-16-32(17-5-1)35-24-14-25-39-45-42(28-15-29-44(45)57-48(35)39)55-40-26-12-10-22-36(40)37-30-31-43-46(47(37)55)38-23-11-13-27-41(38)56(43)51-53-49(33-18-6-2-7-19-33)52-50(54-51)34-20-8-3-9-21-34/h1-31H. The Morgan fingerprint density at radius 3 is 1.65 bits per heavy atom. The van der Waals surface area contributed by atoms with Crippen molar-refractivity contribution in [2.24, 2.45) is 0 Å². The minimum absolute atomic E-state index is 0.562. The van der Waals surface area contributed by atoms with Gasteiger partial charge in [0.05, 0.1) is 33.1 Å². The van der Waals surface area contributed by atoms with Gasteiger partial charge in [0, 0.05) is 43.6 Å². The summed E-state index contributed by atoms with van der Waals surface area (Å²) in [6.07, 6.45) is 0. The van der Waals surface area contributed by atoms with Gasteiger partial charge in [0.25, 0.3) is 0 Å². The number of hydrogen-bond acceptors (Lipinski definition) is 4. The monoisotopic (exact) mass is 729 g/mol. The normalized spacial score (nSPS) is 11.9. The lowest BCUT2D eigenvalue weighted by Gasteiger charge is -2.12. The summed E-state index contributed by atoms with van der Waals surface area (Å²) in [5.41, 5.74) is 11.1. The van der Waals surface area contributed by atoms with E-state index in [1.807, 2.05) is 66.7 Å². The highest BCUT2D eigenvalue weighted by Gasteiger charge is 2.24. The molecule has 0 unspecified atom stereocenters. The van der Waals surface area contributed by atoms with Gasteiger partial charge in [0.1, 0.15) is 11.2 Å². The van der Waals surface area contributed by atoms with E-state index in [-0.39, 0.29) is 0 Å². The van der Waals surface area contributed by atoms with Crippen molar-refractivity contribution >= 4 is 65.6 Å². The summed E-state index contributed by atoms with van der Waals surface area (Å²) >= 11 is 0. The van der Waals surface area contributed by atoms with Crippen LogP contribution in [0.25, 0.3) is 111 Å². The van der Waals surface area contributed by atoms with E-state index >= 15 is 0 Å². The van der Waals surface area contributed by atoms with Gasteiger partial charge in [-0.05, 0) is 35.9 Å². The van der Waals surface area contributed by atoms with Crippen molar-refractivity contribution in [2.45, 2.75) is 0 Å². The van der Waals surface area contributed by atoms with Crippen molar-refractivity contribution in [2.75, 3.05) is 0 Å². The van der Waals surface area contributed by atoms with Gasteiger partial charge < -0.3 is 8.98 Å². The highest BCUT2D eigenvalue weighted by molar-refractivity contribution is 6.27. The molecule has 8 aromatic carbocycles. The molecule has 0 atom stereocenters. The maximum atomic E-state index is 6.78. The van der Waals surface area contributed by atoms with Crippen molar-refractivity contribution in [3.63, 3.8) is 0 Å². The van der Waals surface area contributed by atoms with Gasteiger partial charge in [-0.15, -0.1) is 0 Å². The molecule has 0 saturated heterocycles. The molecular weight excluding hydrogens is 699 g/mol. The van der Waals surface area contributed by atoms with Crippen LogP contribution in [0.4, 0.5) is 0 Å². The minimum atomic E-state index is 0.562. The number of rotatable bonds is 5. The maximum Gasteiger partial charge on any atom is 0.238 e. The number of aromatic nitrogens is 5. The molecule has 0 aliphatic heterocycles. The number of hydrogen-bond donors (Lipinski definition) is 0. The average molecular weight is 730 g/mol. The van der Waals surface area contributed by atoms with Gasteiger partial charge >= 0.3 is 0 Å². The molecule has 0 radical (unpaired) electrons. The summed E-state index contributed by atoms with van der Waals surface area (Å²) in [4.78, 5) is 15.4. The SMILES string of the molecule is c1ccc(-c2nc(-c3ccccc3)nc(-n3c4ccccc4c4c3ccc3c5ccccc5n(-c5cccc6oc7c(-c8ccccc8)cccc7c56)c34)n2)cc1. The van der Waals surface area contributed by atoms with Gasteiger partial charge in [-0.25, -0.2) is 4.98 Å². The lowest BCUT2D eigenvalue weighted by Crippen LogP contribution is -2.06. The van der Waals surface area contributed by atoms with Gasteiger partial charge in [0.2, 0.25) is 5.95 Å². The summed E-state index contributed by atoms with van der Waals surface area (Å²) in [5, 5.41) is 6.73. The van der Waals surface area contributed by atoms with E-state index in [9.17, 15) is 0 Å². The van der Waals surface area contributed by atoms with E-state index in [4.69, 9.17) is 19.4 Å². The highest BCUT2D eigenvalue weighted by Crippen LogP contribution is 2.45. The fourth-order valence-corrected chi connectivity index (χ4v) is 8.73. The maximum absolute atomic E-state index is 6.78. The van der Waals surface area contributed by atoms with Crippen molar-refractivity contribution in [1.82, 2.24) is 24.1 Å². The van der Waals surface area contributed by atoms with Crippen LogP contribution >= 0.6 is 0 Å². The summed E-state index contributed by atoms with van der Waals surface area (Å²) < 4.78 is 11.4. The van der Waals surface area contributed by atoms with Crippen molar-refractivity contribution in [1.29, 1.82) is 0 Å². The lowest BCUT2D eigenvalue weighted by atomic mass is 10.0. The molecule has 12 aromatic rings. The molecule has 0 aliphatic carbocycles. The zero-order valence-electron chi connectivity index (χ0n) is 30.5. The van der Waals surface area contributed by atoms with Gasteiger partial charge in [-0.3, -0.25) is 4.57 Å². The van der Waals surface area contributed by atoms with Gasteiger partial charge in [0.15, 0.2) is 11.6 Å². The second-order valence-corrected chi connectivity index (χ2v) is 14.4. The van der Waals surface area contributed by atoms with E-state index in [0.717, 1.165) is 82.7 Å². The van der Waals surface area contributed by atoms with Crippen LogP contribution in [0.5, 0.6) is 0 Å². The van der Waals surface area contributed by atoms with E-state index < -0.39 is 0 Å². The van der Waals surface area contributed by atoms with Crippen LogP contribution in [0.2, 0.25) is 0 Å². The number of benzene rings is 8. The summed E-state index contributed by atoms with van der Waals surface area (Å²) in [6.45, 7) is 0. The Morgan fingerprint density at radius 1 is 0.368 bits per heavy atom. The number of furan rings is 1. The van der Waals surface area contributed by atoms with E-state index in [2.05, 4.69) is 130 Å². The number of nitrogens with zero attached hydrogens (tertiary/aromatic N) is 5. The molecular formula is C51H31N5O. The molecule has 0 amide bonds. The third-order valence-corrected chi connectivity index (χ3v) is 11.2. The summed E-state index contributed by atoms with van der Waals surface area (Å²) in [7, 11) is 0. The van der Waals surface area contributed by atoms with Crippen LogP contribution in [0, 0.1) is 0 Å². The summed E-state index contributed by atoms with van der Waals surface area (Å²) in [6, 6.07) is 65.4. The molecule has 57 heavy (non-hydrogen) atoms. The first kappa shape index (κ1) is 31.5. The van der Waals surface area contributed by atoms with Gasteiger partial charge in [-0.1, -0.05) is 158 Å². The van der Waals surface area contributed by atoms with E-state index in [1.54, 1.807) is 0 Å². The van der Waals surface area contributed by atoms with Crippen molar-refractivity contribution in [3.8, 4) is 45.5 Å². The Morgan fingerprint density at radius 2 is 0.947 bits per heavy atom. The Hall–Kier alpha value is -7.83. The first-order valence-corrected chi connectivity index (χ1v) is 19.1. The third kappa shape index (κ3) is 4.74.